The van der Waals surface area contributed by atoms with Crippen molar-refractivity contribution in [3.8, 4) is 0 Å². The summed E-state index contributed by atoms with van der Waals surface area (Å²) in [5.41, 5.74) is 0. The fourth-order valence-corrected chi connectivity index (χ4v) is 2.69. The van der Waals surface area contributed by atoms with E-state index in [2.05, 4.69) is 0 Å². The lowest BCUT2D eigenvalue weighted by Gasteiger charge is -2.25. The van der Waals surface area contributed by atoms with Gasteiger partial charge in [0.05, 0.1) is 12.7 Å². The number of carbonyl (C=O) groups is 1. The van der Waals surface area contributed by atoms with E-state index in [0.717, 1.165) is 52.1 Å². The third-order valence-corrected chi connectivity index (χ3v) is 4.11. The minimum absolute atomic E-state index is 0.184. The van der Waals surface area contributed by atoms with Crippen LogP contribution in [0.3, 0.4) is 0 Å². The minimum atomic E-state index is -0.302. The number of ether oxygens (including phenoxy) is 4. The van der Waals surface area contributed by atoms with Crippen molar-refractivity contribution < 1.29 is 28.8 Å². The highest BCUT2D eigenvalue weighted by molar-refractivity contribution is 5.82. The van der Waals surface area contributed by atoms with Gasteiger partial charge in [0.1, 0.15) is 6.61 Å². The van der Waals surface area contributed by atoms with Crippen LogP contribution in [-0.4, -0.2) is 70.9 Å². The van der Waals surface area contributed by atoms with Crippen molar-refractivity contribution in [3.63, 3.8) is 0 Å². The minimum Gasteiger partial charge on any atom is -0.390 e. The average Bonchev–Trinajstić information content (AvgIpc) is 2.57. The number of methoxy groups -OCH3 is 2. The summed E-state index contributed by atoms with van der Waals surface area (Å²) in [6, 6.07) is 0. The molecule has 1 unspecified atom stereocenters. The van der Waals surface area contributed by atoms with Crippen molar-refractivity contribution >= 4 is 5.78 Å². The molecule has 0 aromatic carbocycles. The van der Waals surface area contributed by atoms with Crippen molar-refractivity contribution in [2.24, 2.45) is 11.8 Å². The number of rotatable bonds is 6. The predicted molar refractivity (Wildman–Crippen MR) is 81.9 cm³/mol. The van der Waals surface area contributed by atoms with Crippen molar-refractivity contribution in [1.29, 1.82) is 0 Å². The highest BCUT2D eigenvalue weighted by atomic mass is 16.5. The number of hydrogen-bond acceptors (Lipinski definition) is 6. The molecule has 6 nitrogen and oxygen atoms in total. The number of hydrogen-bond donors (Lipinski definition) is 1. The molecule has 0 aliphatic carbocycles. The second-order valence-electron chi connectivity index (χ2n) is 5.76. The van der Waals surface area contributed by atoms with Crippen LogP contribution >= 0.6 is 0 Å². The molecule has 2 aliphatic rings. The SMILES string of the molecule is COCC(=O)C1CCOCC1.COCC(O)C1CCOCC1. The standard InChI is InChI=1S/C8H16O3.C8H14O3/c2*1-10-6-8(9)7-2-4-11-5-3-7/h7-9H,2-6H2,1H3;7H,2-6H2,1H3. The van der Waals surface area contributed by atoms with Crippen LogP contribution < -0.4 is 0 Å². The summed E-state index contributed by atoms with van der Waals surface area (Å²) in [5.74, 6) is 0.781. The largest absolute Gasteiger partial charge is 0.390 e. The summed E-state index contributed by atoms with van der Waals surface area (Å²) in [6.45, 7) is 3.71. The van der Waals surface area contributed by atoms with Gasteiger partial charge in [-0.25, -0.2) is 0 Å². The molecule has 0 spiro atoms. The molecule has 0 aromatic rings. The zero-order chi connectivity index (χ0) is 16.2. The third kappa shape index (κ3) is 7.65. The summed E-state index contributed by atoms with van der Waals surface area (Å²) in [5, 5.41) is 9.49. The van der Waals surface area contributed by atoms with E-state index in [-0.39, 0.29) is 24.4 Å². The number of Topliss-reactive ketones (excluding diaryl/α,β-unsaturated/α-hetero) is 1. The Morgan fingerprint density at radius 1 is 1.05 bits per heavy atom. The zero-order valence-electron chi connectivity index (χ0n) is 13.8. The fourth-order valence-electron chi connectivity index (χ4n) is 2.69. The third-order valence-electron chi connectivity index (χ3n) is 4.11. The molecular weight excluding hydrogens is 288 g/mol. The molecule has 2 heterocycles. The Morgan fingerprint density at radius 3 is 2.09 bits per heavy atom. The van der Waals surface area contributed by atoms with Crippen LogP contribution in [-0.2, 0) is 23.7 Å². The summed E-state index contributed by atoms with van der Waals surface area (Å²) >= 11 is 0. The van der Waals surface area contributed by atoms with Crippen molar-refractivity contribution in [2.75, 3.05) is 53.9 Å². The Hall–Kier alpha value is -0.530. The number of aliphatic hydroxyl groups excluding tert-OH is 1. The molecule has 2 fully saturated rings. The van der Waals surface area contributed by atoms with E-state index in [0.29, 0.717) is 12.5 Å². The first-order chi connectivity index (χ1) is 10.7. The smallest absolute Gasteiger partial charge is 0.161 e. The first-order valence-electron chi connectivity index (χ1n) is 8.03. The second-order valence-corrected chi connectivity index (χ2v) is 5.76. The summed E-state index contributed by atoms with van der Waals surface area (Å²) in [7, 11) is 3.17. The van der Waals surface area contributed by atoms with Crippen LogP contribution in [0.25, 0.3) is 0 Å². The molecule has 2 saturated heterocycles. The maximum absolute atomic E-state index is 11.2. The van der Waals surface area contributed by atoms with Gasteiger partial charge >= 0.3 is 0 Å². The summed E-state index contributed by atoms with van der Waals surface area (Å²) in [4.78, 5) is 11.2. The van der Waals surface area contributed by atoms with Crippen LogP contribution in [0.5, 0.6) is 0 Å². The number of carbonyl (C=O) groups excluding carboxylic acids is 1. The van der Waals surface area contributed by atoms with Crippen molar-refractivity contribution in [3.05, 3.63) is 0 Å². The number of aliphatic hydroxyl groups is 1. The highest BCUT2D eigenvalue weighted by Crippen LogP contribution is 2.18. The van der Waals surface area contributed by atoms with E-state index in [1.165, 1.54) is 0 Å². The van der Waals surface area contributed by atoms with Gasteiger partial charge in [0.2, 0.25) is 0 Å². The van der Waals surface area contributed by atoms with Crippen LogP contribution in [0, 0.1) is 11.8 Å². The van der Waals surface area contributed by atoms with E-state index in [1.807, 2.05) is 0 Å². The topological polar surface area (TPSA) is 74.2 Å². The molecule has 6 heteroatoms. The number of ketones is 1. The molecular formula is C16H30O6. The Labute approximate surface area is 133 Å². The van der Waals surface area contributed by atoms with E-state index in [1.54, 1.807) is 14.2 Å². The van der Waals surface area contributed by atoms with Gasteiger partial charge in [0.15, 0.2) is 5.78 Å². The molecule has 0 amide bonds. The molecule has 0 aromatic heterocycles. The van der Waals surface area contributed by atoms with E-state index in [4.69, 9.17) is 18.9 Å². The molecule has 130 valence electrons. The van der Waals surface area contributed by atoms with Gasteiger partial charge in [-0.3, -0.25) is 4.79 Å². The Balaban J connectivity index is 0.000000220. The molecule has 1 N–H and O–H groups in total. The predicted octanol–water partition coefficient (Wildman–Crippen LogP) is 1.05. The van der Waals surface area contributed by atoms with Gasteiger partial charge in [0.25, 0.3) is 0 Å². The Morgan fingerprint density at radius 2 is 1.59 bits per heavy atom. The van der Waals surface area contributed by atoms with E-state index in [9.17, 15) is 9.90 Å². The molecule has 2 aliphatic heterocycles. The van der Waals surface area contributed by atoms with E-state index >= 15 is 0 Å². The van der Waals surface area contributed by atoms with Crippen LogP contribution in [0.1, 0.15) is 25.7 Å². The molecule has 0 radical (unpaired) electrons. The van der Waals surface area contributed by atoms with Crippen LogP contribution in [0.2, 0.25) is 0 Å². The monoisotopic (exact) mass is 318 g/mol. The molecule has 2 rings (SSSR count). The first-order valence-corrected chi connectivity index (χ1v) is 8.03. The van der Waals surface area contributed by atoms with Crippen molar-refractivity contribution in [2.45, 2.75) is 31.8 Å². The lowest BCUT2D eigenvalue weighted by atomic mass is 9.94. The zero-order valence-corrected chi connectivity index (χ0v) is 13.8. The quantitative estimate of drug-likeness (QED) is 0.789. The Bertz CT molecular complexity index is 284. The van der Waals surface area contributed by atoms with Gasteiger partial charge < -0.3 is 24.1 Å². The maximum Gasteiger partial charge on any atom is 0.161 e. The summed E-state index contributed by atoms with van der Waals surface area (Å²) < 4.78 is 19.9. The normalized spacial score (nSPS) is 21.8. The lowest BCUT2D eigenvalue weighted by Crippen LogP contribution is -2.30. The van der Waals surface area contributed by atoms with Gasteiger partial charge in [-0.05, 0) is 31.6 Å². The van der Waals surface area contributed by atoms with E-state index < -0.39 is 0 Å². The van der Waals surface area contributed by atoms with Crippen LogP contribution in [0.15, 0.2) is 0 Å². The molecule has 22 heavy (non-hydrogen) atoms. The van der Waals surface area contributed by atoms with Crippen LogP contribution in [0.4, 0.5) is 0 Å². The van der Waals surface area contributed by atoms with Gasteiger partial charge in [-0.15, -0.1) is 0 Å². The Kier molecular flexibility index (Phi) is 10.6. The molecule has 0 bridgehead atoms. The first kappa shape index (κ1) is 19.5. The average molecular weight is 318 g/mol. The molecule has 0 saturated carbocycles. The lowest BCUT2D eigenvalue weighted by molar-refractivity contribution is -0.129. The fraction of sp³-hybridized carbons (Fsp3) is 0.938. The van der Waals surface area contributed by atoms with Gasteiger partial charge in [-0.2, -0.15) is 0 Å². The molecule has 1 atom stereocenters. The second kappa shape index (κ2) is 12.0. The summed E-state index contributed by atoms with van der Waals surface area (Å²) in [6.07, 6.45) is 3.35. The van der Waals surface area contributed by atoms with Gasteiger partial charge in [0, 0.05) is 46.6 Å². The van der Waals surface area contributed by atoms with Crippen molar-refractivity contribution in [1.82, 2.24) is 0 Å². The van der Waals surface area contributed by atoms with Gasteiger partial charge in [-0.1, -0.05) is 0 Å². The maximum atomic E-state index is 11.2. The highest BCUT2D eigenvalue weighted by Gasteiger charge is 2.21.